The summed E-state index contributed by atoms with van der Waals surface area (Å²) in [5.74, 6) is 0.649. The quantitative estimate of drug-likeness (QED) is 0.433. The van der Waals surface area contributed by atoms with Crippen molar-refractivity contribution in [3.05, 3.63) is 0 Å². The fourth-order valence-electron chi connectivity index (χ4n) is 1.59. The van der Waals surface area contributed by atoms with Crippen molar-refractivity contribution in [2.24, 2.45) is 5.92 Å². The largest absolute Gasteiger partial charge is 0.441 e. The molecule has 0 radical (unpaired) electrons. The van der Waals surface area contributed by atoms with Crippen molar-refractivity contribution in [1.29, 1.82) is 0 Å². The van der Waals surface area contributed by atoms with Crippen LogP contribution in [0.2, 0.25) is 0 Å². The molecular formula is C6H14BO2P. The molecule has 0 aromatic heterocycles. The Labute approximate surface area is 65.4 Å². The van der Waals surface area contributed by atoms with Crippen molar-refractivity contribution >= 4 is 17.5 Å². The summed E-state index contributed by atoms with van der Waals surface area (Å²) in [5.41, 5.74) is 0. The van der Waals surface area contributed by atoms with Crippen LogP contribution in [0.1, 0.15) is 19.8 Å². The van der Waals surface area contributed by atoms with E-state index in [0.717, 1.165) is 12.8 Å². The predicted octanol–water partition coefficient (Wildman–Crippen LogP) is 0.525. The highest BCUT2D eigenvalue weighted by atomic mass is 31.0. The Kier molecular flexibility index (Phi) is 3.15. The molecule has 0 bridgehead atoms. The molecular weight excluding hydrogens is 146 g/mol. The van der Waals surface area contributed by atoms with Crippen LogP contribution in [0.25, 0.3) is 0 Å². The van der Waals surface area contributed by atoms with E-state index >= 15 is 0 Å². The second-order valence-corrected chi connectivity index (χ2v) is 3.25. The van der Waals surface area contributed by atoms with Gasteiger partial charge in [0.2, 0.25) is 0 Å². The van der Waals surface area contributed by atoms with E-state index in [9.17, 15) is 0 Å². The van der Waals surface area contributed by atoms with Crippen LogP contribution in [0, 0.1) is 5.92 Å². The lowest BCUT2D eigenvalue weighted by Crippen LogP contribution is -2.13. The molecule has 1 aliphatic carbocycles. The molecule has 0 heterocycles. The Hall–Kier alpha value is 0.415. The number of hydrogen-bond acceptors (Lipinski definition) is 2. The maximum absolute atomic E-state index is 5.27. The Morgan fingerprint density at radius 2 is 2.20 bits per heavy atom. The van der Waals surface area contributed by atoms with Gasteiger partial charge < -0.3 is 9.18 Å². The zero-order chi connectivity index (χ0) is 7.56. The average molecular weight is 160 g/mol. The highest BCUT2D eigenvalue weighted by molar-refractivity contribution is 7.09. The molecule has 58 valence electrons. The SMILES string of the molecule is BO[C@H]1C[C@@H](OP)C[C@@H]1C. The van der Waals surface area contributed by atoms with Gasteiger partial charge in [-0.1, -0.05) is 6.92 Å². The number of rotatable bonds is 2. The third-order valence-corrected chi connectivity index (χ3v) is 2.64. The van der Waals surface area contributed by atoms with E-state index in [0.29, 0.717) is 18.1 Å². The molecule has 1 saturated carbocycles. The van der Waals surface area contributed by atoms with Crippen LogP contribution in [0.15, 0.2) is 0 Å². The van der Waals surface area contributed by atoms with Gasteiger partial charge in [-0.05, 0) is 18.8 Å². The van der Waals surface area contributed by atoms with Crippen LogP contribution in [0.5, 0.6) is 0 Å². The molecule has 1 aliphatic rings. The summed E-state index contributed by atoms with van der Waals surface area (Å²) < 4.78 is 10.4. The highest BCUT2D eigenvalue weighted by Crippen LogP contribution is 2.30. The minimum atomic E-state index is 0.393. The summed E-state index contributed by atoms with van der Waals surface area (Å²) in [5, 5.41) is 0. The minimum Gasteiger partial charge on any atom is -0.441 e. The van der Waals surface area contributed by atoms with E-state index < -0.39 is 0 Å². The maximum Gasteiger partial charge on any atom is 0.257 e. The molecule has 0 spiro atoms. The van der Waals surface area contributed by atoms with E-state index in [1.165, 1.54) is 0 Å². The van der Waals surface area contributed by atoms with Gasteiger partial charge in [-0.25, -0.2) is 0 Å². The molecule has 0 N–H and O–H groups in total. The van der Waals surface area contributed by atoms with Gasteiger partial charge in [0.1, 0.15) is 0 Å². The molecule has 0 amide bonds. The smallest absolute Gasteiger partial charge is 0.257 e. The molecule has 1 unspecified atom stereocenters. The standard InChI is InChI=1S/C6H14BO2P/c1-4-2-5(9-10)3-6(4)8-7/h4-6H,2-3,7,10H2,1H3/t4-,5-,6-/m0/s1. The van der Waals surface area contributed by atoms with Crippen LogP contribution in [-0.2, 0) is 9.18 Å². The number of hydrogen-bond donors (Lipinski definition) is 0. The van der Waals surface area contributed by atoms with Crippen molar-refractivity contribution in [2.75, 3.05) is 0 Å². The van der Waals surface area contributed by atoms with Crippen LogP contribution < -0.4 is 0 Å². The first kappa shape index (κ1) is 8.51. The Balaban J connectivity index is 2.36. The summed E-state index contributed by atoms with van der Waals surface area (Å²) in [6.45, 7) is 2.21. The fourth-order valence-corrected chi connectivity index (χ4v) is 1.82. The van der Waals surface area contributed by atoms with Gasteiger partial charge in [0.15, 0.2) is 0 Å². The Morgan fingerprint density at radius 1 is 1.50 bits per heavy atom. The molecule has 4 atom stereocenters. The minimum absolute atomic E-state index is 0.393. The first-order valence-corrected chi connectivity index (χ1v) is 4.13. The lowest BCUT2D eigenvalue weighted by atomic mass is 10.1. The second kappa shape index (κ2) is 3.70. The van der Waals surface area contributed by atoms with Gasteiger partial charge >= 0.3 is 0 Å². The normalized spacial score (nSPS) is 40.4. The molecule has 1 rings (SSSR count). The molecule has 0 saturated heterocycles. The van der Waals surface area contributed by atoms with Crippen molar-refractivity contribution in [2.45, 2.75) is 32.0 Å². The van der Waals surface area contributed by atoms with Gasteiger partial charge in [-0.3, -0.25) is 0 Å². The first-order valence-electron chi connectivity index (χ1n) is 3.66. The summed E-state index contributed by atoms with van der Waals surface area (Å²) in [7, 11) is 4.09. The zero-order valence-electron chi connectivity index (χ0n) is 6.54. The first-order chi connectivity index (χ1) is 4.77. The van der Waals surface area contributed by atoms with E-state index in [4.69, 9.17) is 9.18 Å². The van der Waals surface area contributed by atoms with Crippen molar-refractivity contribution in [1.82, 2.24) is 0 Å². The van der Waals surface area contributed by atoms with E-state index in [-0.39, 0.29) is 0 Å². The molecule has 2 nitrogen and oxygen atoms in total. The van der Waals surface area contributed by atoms with Crippen LogP contribution in [0.3, 0.4) is 0 Å². The maximum atomic E-state index is 5.27. The van der Waals surface area contributed by atoms with Crippen molar-refractivity contribution in [3.8, 4) is 0 Å². The summed E-state index contributed by atoms with van der Waals surface area (Å²) in [6.07, 6.45) is 2.97. The van der Waals surface area contributed by atoms with Gasteiger partial charge in [0, 0.05) is 15.6 Å². The predicted molar refractivity (Wildman–Crippen MR) is 46.4 cm³/mol. The van der Waals surface area contributed by atoms with Crippen molar-refractivity contribution < 1.29 is 9.18 Å². The molecule has 0 aromatic rings. The third kappa shape index (κ3) is 1.72. The average Bonchev–Trinajstić information content (AvgIpc) is 2.30. The van der Waals surface area contributed by atoms with Crippen molar-refractivity contribution in [3.63, 3.8) is 0 Å². The summed E-state index contributed by atoms with van der Waals surface area (Å²) in [4.78, 5) is 0. The topological polar surface area (TPSA) is 18.5 Å². The molecule has 0 aromatic carbocycles. The lowest BCUT2D eigenvalue weighted by Gasteiger charge is -2.12. The van der Waals surface area contributed by atoms with Gasteiger partial charge in [0.25, 0.3) is 8.05 Å². The Morgan fingerprint density at radius 3 is 2.50 bits per heavy atom. The van der Waals surface area contributed by atoms with Gasteiger partial charge in [0.05, 0.1) is 6.10 Å². The highest BCUT2D eigenvalue weighted by Gasteiger charge is 2.30. The van der Waals surface area contributed by atoms with Crippen LogP contribution in [0.4, 0.5) is 0 Å². The fraction of sp³-hybridized carbons (Fsp3) is 1.00. The monoisotopic (exact) mass is 160 g/mol. The van der Waals surface area contributed by atoms with E-state index in [2.05, 4.69) is 16.4 Å². The molecule has 0 aliphatic heterocycles. The van der Waals surface area contributed by atoms with Crippen LogP contribution >= 0.6 is 9.47 Å². The lowest BCUT2D eigenvalue weighted by molar-refractivity contribution is 0.172. The molecule has 10 heavy (non-hydrogen) atoms. The second-order valence-electron chi connectivity index (χ2n) is 2.98. The van der Waals surface area contributed by atoms with Crippen LogP contribution in [-0.4, -0.2) is 20.3 Å². The Bertz CT molecular complexity index is 112. The molecule has 1 fully saturated rings. The summed E-state index contributed by atoms with van der Waals surface area (Å²) >= 11 is 0. The third-order valence-electron chi connectivity index (χ3n) is 2.26. The van der Waals surface area contributed by atoms with E-state index in [1.807, 2.05) is 0 Å². The summed E-state index contributed by atoms with van der Waals surface area (Å²) in [6, 6.07) is 0. The van der Waals surface area contributed by atoms with Gasteiger partial charge in [-0.2, -0.15) is 0 Å². The van der Waals surface area contributed by atoms with Gasteiger partial charge in [-0.15, -0.1) is 0 Å². The van der Waals surface area contributed by atoms with E-state index in [1.54, 1.807) is 8.05 Å². The zero-order valence-corrected chi connectivity index (χ0v) is 7.69. The molecule has 4 heteroatoms.